The lowest BCUT2D eigenvalue weighted by Gasteiger charge is -2.07. The predicted molar refractivity (Wildman–Crippen MR) is 63.2 cm³/mol. The summed E-state index contributed by atoms with van der Waals surface area (Å²) in [5, 5.41) is 10.9. The van der Waals surface area contributed by atoms with E-state index >= 15 is 0 Å². The third-order valence-electron chi connectivity index (χ3n) is 2.32. The van der Waals surface area contributed by atoms with E-state index in [0.29, 0.717) is 11.1 Å². The molecule has 0 aromatic heterocycles. The lowest BCUT2D eigenvalue weighted by atomic mass is 10.0. The summed E-state index contributed by atoms with van der Waals surface area (Å²) in [4.78, 5) is 21.6. The molecule has 0 spiro atoms. The normalized spacial score (nSPS) is 10.1. The summed E-state index contributed by atoms with van der Waals surface area (Å²) in [6, 6.07) is 3.02. The van der Waals surface area contributed by atoms with Crippen molar-refractivity contribution in [1.82, 2.24) is 0 Å². The van der Waals surface area contributed by atoms with Crippen molar-refractivity contribution in [3.05, 3.63) is 38.4 Å². The van der Waals surface area contributed by atoms with Crippen molar-refractivity contribution >= 4 is 23.3 Å². The highest BCUT2D eigenvalue weighted by atomic mass is 35.5. The van der Waals surface area contributed by atoms with E-state index in [1.54, 1.807) is 19.9 Å². The highest BCUT2D eigenvalue weighted by molar-refractivity contribution is 6.32. The fourth-order valence-electron chi connectivity index (χ4n) is 1.49. The third-order valence-corrected chi connectivity index (χ3v) is 2.62. The molecule has 0 fully saturated rings. The van der Waals surface area contributed by atoms with Gasteiger partial charge in [-0.05, 0) is 25.5 Å². The number of ether oxygens (including phenoxy) is 1. The highest BCUT2D eigenvalue weighted by Gasteiger charge is 2.20. The first-order chi connectivity index (χ1) is 7.97. The number of hydrogen-bond acceptors (Lipinski definition) is 4. The number of carbonyl (C=O) groups is 1. The summed E-state index contributed by atoms with van der Waals surface area (Å²) in [5.74, 6) is -0.410. The van der Waals surface area contributed by atoms with Crippen LogP contribution in [0.15, 0.2) is 12.1 Å². The molecule has 92 valence electrons. The van der Waals surface area contributed by atoms with Crippen molar-refractivity contribution < 1.29 is 14.5 Å². The van der Waals surface area contributed by atoms with Crippen molar-refractivity contribution in [2.75, 3.05) is 6.61 Å². The van der Waals surface area contributed by atoms with Crippen LogP contribution in [-0.2, 0) is 16.0 Å². The smallest absolute Gasteiger partial charge is 0.310 e. The number of esters is 1. The lowest BCUT2D eigenvalue weighted by Crippen LogP contribution is -2.09. The first-order valence-corrected chi connectivity index (χ1v) is 5.43. The molecule has 0 aliphatic carbocycles. The Labute approximate surface area is 103 Å². The number of benzene rings is 1. The fourth-order valence-corrected chi connectivity index (χ4v) is 1.77. The largest absolute Gasteiger partial charge is 0.466 e. The molecule has 0 saturated carbocycles. The van der Waals surface area contributed by atoms with E-state index < -0.39 is 10.9 Å². The molecule has 0 aliphatic rings. The Morgan fingerprint density at radius 2 is 2.18 bits per heavy atom. The van der Waals surface area contributed by atoms with Crippen LogP contribution in [0, 0.1) is 17.0 Å². The Hall–Kier alpha value is -1.62. The minimum atomic E-state index is -0.549. The van der Waals surface area contributed by atoms with E-state index in [0.717, 1.165) is 0 Å². The van der Waals surface area contributed by atoms with Gasteiger partial charge in [-0.15, -0.1) is 0 Å². The molecule has 1 rings (SSSR count). The molecule has 0 heterocycles. The van der Waals surface area contributed by atoms with Crippen LogP contribution in [0.3, 0.4) is 0 Å². The zero-order valence-electron chi connectivity index (χ0n) is 9.53. The number of rotatable bonds is 4. The van der Waals surface area contributed by atoms with Gasteiger partial charge in [0.05, 0.1) is 18.0 Å². The molecule has 0 bridgehead atoms. The van der Waals surface area contributed by atoms with Gasteiger partial charge in [-0.2, -0.15) is 0 Å². The third kappa shape index (κ3) is 3.17. The zero-order chi connectivity index (χ0) is 13.0. The first-order valence-electron chi connectivity index (χ1n) is 5.05. The number of nitrogens with zero attached hydrogens (tertiary/aromatic N) is 1. The van der Waals surface area contributed by atoms with E-state index in [1.807, 2.05) is 0 Å². The Balaban J connectivity index is 3.07. The summed E-state index contributed by atoms with van der Waals surface area (Å²) >= 11 is 5.74. The number of nitro benzene ring substituents is 1. The van der Waals surface area contributed by atoms with Crippen LogP contribution in [0.5, 0.6) is 0 Å². The predicted octanol–water partition coefficient (Wildman–Crippen LogP) is 2.66. The molecule has 0 atom stereocenters. The van der Waals surface area contributed by atoms with Crippen LogP contribution < -0.4 is 0 Å². The summed E-state index contributed by atoms with van der Waals surface area (Å²) in [6.07, 6.45) is 0.0116. The van der Waals surface area contributed by atoms with E-state index in [9.17, 15) is 14.9 Å². The molecule has 0 unspecified atom stereocenters. The summed E-state index contributed by atoms with van der Waals surface area (Å²) < 4.78 is 4.79. The van der Waals surface area contributed by atoms with E-state index in [4.69, 9.17) is 16.3 Å². The van der Waals surface area contributed by atoms with Gasteiger partial charge in [0.1, 0.15) is 5.02 Å². The van der Waals surface area contributed by atoms with Crippen molar-refractivity contribution in [1.29, 1.82) is 0 Å². The van der Waals surface area contributed by atoms with E-state index in [1.165, 1.54) is 6.07 Å². The van der Waals surface area contributed by atoms with Crippen LogP contribution in [0.25, 0.3) is 0 Å². The molecule has 5 nitrogen and oxygen atoms in total. The van der Waals surface area contributed by atoms with Gasteiger partial charge >= 0.3 is 5.97 Å². The second-order valence-corrected chi connectivity index (χ2v) is 3.83. The Morgan fingerprint density at radius 1 is 1.53 bits per heavy atom. The molecular weight excluding hydrogens is 246 g/mol. The quantitative estimate of drug-likeness (QED) is 0.472. The van der Waals surface area contributed by atoms with Crippen LogP contribution in [0.4, 0.5) is 5.69 Å². The van der Waals surface area contributed by atoms with Gasteiger partial charge in [0, 0.05) is 5.56 Å². The maximum atomic E-state index is 11.3. The maximum Gasteiger partial charge on any atom is 0.310 e. The molecule has 1 aromatic carbocycles. The van der Waals surface area contributed by atoms with Gasteiger partial charge in [0.2, 0.25) is 0 Å². The lowest BCUT2D eigenvalue weighted by molar-refractivity contribution is -0.385. The average molecular weight is 258 g/mol. The van der Waals surface area contributed by atoms with Gasteiger partial charge in [0.25, 0.3) is 5.69 Å². The Morgan fingerprint density at radius 3 is 2.71 bits per heavy atom. The summed E-state index contributed by atoms with van der Waals surface area (Å²) in [7, 11) is 0. The van der Waals surface area contributed by atoms with Crippen LogP contribution >= 0.6 is 11.6 Å². The van der Waals surface area contributed by atoms with Gasteiger partial charge in [0.15, 0.2) is 0 Å². The highest BCUT2D eigenvalue weighted by Crippen LogP contribution is 2.30. The maximum absolute atomic E-state index is 11.3. The SMILES string of the molecule is CCOC(=O)Cc1ccc(Cl)c([N+](=O)[O-])c1C. The topological polar surface area (TPSA) is 69.4 Å². The molecule has 0 radical (unpaired) electrons. The second kappa shape index (κ2) is 5.63. The van der Waals surface area contributed by atoms with Gasteiger partial charge in [-0.25, -0.2) is 0 Å². The van der Waals surface area contributed by atoms with Gasteiger partial charge in [-0.3, -0.25) is 14.9 Å². The molecular formula is C11H12ClNO4. The monoisotopic (exact) mass is 257 g/mol. The van der Waals surface area contributed by atoms with Crippen molar-refractivity contribution in [2.45, 2.75) is 20.3 Å². The molecule has 0 aliphatic heterocycles. The standard InChI is InChI=1S/C11H12ClNO4/c1-3-17-10(14)6-8-4-5-9(12)11(7(8)2)13(15)16/h4-5H,3,6H2,1-2H3. The Kier molecular flexibility index (Phi) is 4.45. The number of hydrogen-bond donors (Lipinski definition) is 0. The minimum Gasteiger partial charge on any atom is -0.466 e. The van der Waals surface area contributed by atoms with Crippen molar-refractivity contribution in [2.24, 2.45) is 0 Å². The van der Waals surface area contributed by atoms with Crippen molar-refractivity contribution in [3.8, 4) is 0 Å². The molecule has 17 heavy (non-hydrogen) atoms. The first kappa shape index (κ1) is 13.4. The second-order valence-electron chi connectivity index (χ2n) is 3.42. The molecule has 0 saturated heterocycles. The minimum absolute atomic E-state index is 0.0116. The fraction of sp³-hybridized carbons (Fsp3) is 0.364. The molecule has 0 N–H and O–H groups in total. The molecule has 0 amide bonds. The number of nitro groups is 1. The number of carbonyl (C=O) groups excluding carboxylic acids is 1. The van der Waals surface area contributed by atoms with Crippen LogP contribution in [0.2, 0.25) is 5.02 Å². The number of halogens is 1. The van der Waals surface area contributed by atoms with Crippen LogP contribution in [-0.4, -0.2) is 17.5 Å². The van der Waals surface area contributed by atoms with E-state index in [-0.39, 0.29) is 23.7 Å². The van der Waals surface area contributed by atoms with Gasteiger partial charge in [-0.1, -0.05) is 17.7 Å². The summed E-state index contributed by atoms with van der Waals surface area (Å²) in [5.41, 5.74) is 0.795. The molecule has 1 aromatic rings. The van der Waals surface area contributed by atoms with Crippen LogP contribution in [0.1, 0.15) is 18.1 Å². The Bertz CT molecular complexity index is 459. The average Bonchev–Trinajstić information content (AvgIpc) is 2.22. The van der Waals surface area contributed by atoms with Gasteiger partial charge < -0.3 is 4.74 Å². The van der Waals surface area contributed by atoms with Crippen molar-refractivity contribution in [3.63, 3.8) is 0 Å². The van der Waals surface area contributed by atoms with E-state index in [2.05, 4.69) is 0 Å². The molecule has 6 heteroatoms. The zero-order valence-corrected chi connectivity index (χ0v) is 10.3. The summed E-state index contributed by atoms with van der Waals surface area (Å²) in [6.45, 7) is 3.56.